The van der Waals surface area contributed by atoms with Gasteiger partial charge < -0.3 is 15.3 Å². The number of carboxylic acids is 1. The highest BCUT2D eigenvalue weighted by Crippen LogP contribution is 2.13. The van der Waals surface area contributed by atoms with E-state index in [9.17, 15) is 4.79 Å². The Balaban J connectivity index is 3.20. The molecule has 0 atom stereocenters. The monoisotopic (exact) mass is 156 g/mol. The van der Waals surface area contributed by atoms with Crippen LogP contribution in [0.25, 0.3) is 0 Å². The number of carboxylic acid groups (broad SMARTS) is 1. The van der Waals surface area contributed by atoms with Crippen molar-refractivity contribution in [3.63, 3.8) is 0 Å². The summed E-state index contributed by atoms with van der Waals surface area (Å²) in [5, 5.41) is 25.7. The summed E-state index contributed by atoms with van der Waals surface area (Å²) < 4.78 is 0. The van der Waals surface area contributed by atoms with E-state index in [1.54, 1.807) is 0 Å². The van der Waals surface area contributed by atoms with Crippen LogP contribution < -0.4 is 0 Å². The zero-order valence-electron chi connectivity index (χ0n) is 5.22. The summed E-state index contributed by atoms with van der Waals surface area (Å²) in [7, 11) is 0. The predicted octanol–water partition coefficient (Wildman–Crippen LogP) is -0.414. The van der Waals surface area contributed by atoms with Crippen molar-refractivity contribution in [1.29, 1.82) is 0 Å². The topological polar surface area (TPSA) is 104 Å². The first-order chi connectivity index (χ1) is 5.11. The summed E-state index contributed by atoms with van der Waals surface area (Å²) in [5.41, 5.74) is -0.581. The Labute approximate surface area is 60.8 Å². The third kappa shape index (κ3) is 1.34. The minimum absolute atomic E-state index is 0.521. The van der Waals surface area contributed by atoms with Crippen LogP contribution in [-0.2, 0) is 0 Å². The van der Waals surface area contributed by atoms with Crippen molar-refractivity contribution < 1.29 is 20.1 Å². The predicted molar refractivity (Wildman–Crippen MR) is 32.3 cm³/mol. The molecule has 6 heteroatoms. The molecule has 0 bridgehead atoms. The van der Waals surface area contributed by atoms with E-state index in [2.05, 4.69) is 9.97 Å². The molecule has 0 spiro atoms. The summed E-state index contributed by atoms with van der Waals surface area (Å²) in [6.45, 7) is 0. The molecule has 0 aliphatic rings. The Morgan fingerprint density at radius 3 is 2.55 bits per heavy atom. The maximum Gasteiger partial charge on any atom is 0.360 e. The van der Waals surface area contributed by atoms with Gasteiger partial charge in [0.05, 0.1) is 6.20 Å². The molecule has 0 saturated heterocycles. The van der Waals surface area contributed by atoms with Crippen molar-refractivity contribution in [3.8, 4) is 11.8 Å². The summed E-state index contributed by atoms with van der Waals surface area (Å²) in [5.74, 6) is -2.71. The Kier molecular flexibility index (Phi) is 1.59. The van der Waals surface area contributed by atoms with Crippen LogP contribution in [0.4, 0.5) is 0 Å². The molecule has 0 unspecified atom stereocenters. The zero-order chi connectivity index (χ0) is 8.43. The van der Waals surface area contributed by atoms with Gasteiger partial charge in [0.25, 0.3) is 0 Å². The molecule has 0 aliphatic heterocycles. The standard InChI is InChI=1S/C5H4N2O4/c8-2-1-6-3(5(10)11)4(9)7-2/h1H,(H,10,11)(H2,7,8,9). The van der Waals surface area contributed by atoms with Crippen molar-refractivity contribution in [2.75, 3.05) is 0 Å². The van der Waals surface area contributed by atoms with Crippen LogP contribution in [0.1, 0.15) is 10.5 Å². The smallest absolute Gasteiger partial charge is 0.360 e. The molecular weight excluding hydrogens is 152 g/mol. The molecule has 58 valence electrons. The molecular formula is C5H4N2O4. The molecule has 0 aromatic carbocycles. The van der Waals surface area contributed by atoms with Gasteiger partial charge in [0.2, 0.25) is 17.5 Å². The van der Waals surface area contributed by atoms with Crippen molar-refractivity contribution in [1.82, 2.24) is 9.97 Å². The van der Waals surface area contributed by atoms with Crippen LogP contribution in [0.5, 0.6) is 11.8 Å². The second-order valence-electron chi connectivity index (χ2n) is 1.71. The number of hydrogen-bond acceptors (Lipinski definition) is 5. The Hall–Kier alpha value is -1.85. The van der Waals surface area contributed by atoms with Crippen molar-refractivity contribution in [2.45, 2.75) is 0 Å². The van der Waals surface area contributed by atoms with Crippen molar-refractivity contribution in [2.24, 2.45) is 0 Å². The molecule has 0 aliphatic carbocycles. The average Bonchev–Trinajstić information content (AvgIpc) is 1.85. The molecule has 0 amide bonds. The number of aromatic nitrogens is 2. The van der Waals surface area contributed by atoms with Crippen LogP contribution in [0.2, 0.25) is 0 Å². The molecule has 0 radical (unpaired) electrons. The highest BCUT2D eigenvalue weighted by Gasteiger charge is 2.12. The quantitative estimate of drug-likeness (QED) is 0.510. The minimum Gasteiger partial charge on any atom is -0.492 e. The van der Waals surface area contributed by atoms with Gasteiger partial charge in [0, 0.05) is 0 Å². The lowest BCUT2D eigenvalue weighted by atomic mass is 10.4. The summed E-state index contributed by atoms with van der Waals surface area (Å²) >= 11 is 0. The number of nitrogens with zero attached hydrogens (tertiary/aromatic N) is 2. The van der Waals surface area contributed by atoms with Gasteiger partial charge in [0.15, 0.2) is 0 Å². The van der Waals surface area contributed by atoms with E-state index < -0.39 is 23.4 Å². The lowest BCUT2D eigenvalue weighted by Gasteiger charge is -1.95. The first-order valence-corrected chi connectivity index (χ1v) is 2.59. The number of hydrogen-bond donors (Lipinski definition) is 3. The van der Waals surface area contributed by atoms with E-state index in [1.165, 1.54) is 0 Å². The molecule has 0 saturated carbocycles. The highest BCUT2D eigenvalue weighted by atomic mass is 16.4. The number of carbonyl (C=O) groups is 1. The lowest BCUT2D eigenvalue weighted by molar-refractivity contribution is 0.0686. The van der Waals surface area contributed by atoms with Crippen LogP contribution in [0.3, 0.4) is 0 Å². The second kappa shape index (κ2) is 2.41. The van der Waals surface area contributed by atoms with Crippen LogP contribution in [0.15, 0.2) is 6.20 Å². The number of rotatable bonds is 1. The third-order valence-corrected chi connectivity index (χ3v) is 0.944. The van der Waals surface area contributed by atoms with Crippen LogP contribution >= 0.6 is 0 Å². The van der Waals surface area contributed by atoms with Gasteiger partial charge in [-0.15, -0.1) is 0 Å². The normalized spacial score (nSPS) is 9.45. The Bertz CT molecular complexity index is 299. The summed E-state index contributed by atoms with van der Waals surface area (Å²) in [4.78, 5) is 16.5. The molecule has 1 rings (SSSR count). The highest BCUT2D eigenvalue weighted by molar-refractivity contribution is 5.87. The van der Waals surface area contributed by atoms with Gasteiger partial charge in [-0.25, -0.2) is 9.78 Å². The minimum atomic E-state index is -1.39. The summed E-state index contributed by atoms with van der Waals surface area (Å²) in [6.07, 6.45) is 0.836. The van der Waals surface area contributed by atoms with E-state index in [4.69, 9.17) is 15.3 Å². The fraction of sp³-hybridized carbons (Fsp3) is 0. The average molecular weight is 156 g/mol. The zero-order valence-corrected chi connectivity index (χ0v) is 5.22. The third-order valence-electron chi connectivity index (χ3n) is 0.944. The van der Waals surface area contributed by atoms with Gasteiger partial charge in [-0.1, -0.05) is 0 Å². The fourth-order valence-corrected chi connectivity index (χ4v) is 0.521. The van der Waals surface area contributed by atoms with Gasteiger partial charge >= 0.3 is 5.97 Å². The molecule has 1 heterocycles. The van der Waals surface area contributed by atoms with E-state index in [1.807, 2.05) is 0 Å². The molecule has 1 aromatic rings. The second-order valence-corrected chi connectivity index (χ2v) is 1.71. The van der Waals surface area contributed by atoms with Gasteiger partial charge in [0.1, 0.15) is 0 Å². The molecule has 6 nitrogen and oxygen atoms in total. The van der Waals surface area contributed by atoms with E-state index in [0.717, 1.165) is 6.20 Å². The van der Waals surface area contributed by atoms with E-state index in [-0.39, 0.29) is 0 Å². The van der Waals surface area contributed by atoms with Gasteiger partial charge in [-0.3, -0.25) is 0 Å². The van der Waals surface area contributed by atoms with Crippen molar-refractivity contribution >= 4 is 5.97 Å². The largest absolute Gasteiger partial charge is 0.492 e. The first kappa shape index (κ1) is 7.26. The fourth-order valence-electron chi connectivity index (χ4n) is 0.521. The van der Waals surface area contributed by atoms with Crippen LogP contribution in [0, 0.1) is 0 Å². The number of aromatic hydroxyl groups is 2. The molecule has 11 heavy (non-hydrogen) atoms. The maximum atomic E-state index is 10.2. The summed E-state index contributed by atoms with van der Waals surface area (Å²) in [6, 6.07) is 0. The maximum absolute atomic E-state index is 10.2. The Morgan fingerprint density at radius 2 is 2.09 bits per heavy atom. The van der Waals surface area contributed by atoms with Gasteiger partial charge in [-0.05, 0) is 0 Å². The Morgan fingerprint density at radius 1 is 1.45 bits per heavy atom. The molecule has 3 N–H and O–H groups in total. The molecule has 0 fully saturated rings. The number of aromatic carboxylic acids is 1. The SMILES string of the molecule is O=C(O)c1ncc(O)nc1O. The lowest BCUT2D eigenvalue weighted by Crippen LogP contribution is -2.01. The van der Waals surface area contributed by atoms with E-state index in [0.29, 0.717) is 0 Å². The van der Waals surface area contributed by atoms with Crippen molar-refractivity contribution in [3.05, 3.63) is 11.9 Å². The molecule has 1 aromatic heterocycles. The van der Waals surface area contributed by atoms with Gasteiger partial charge in [-0.2, -0.15) is 4.98 Å². The van der Waals surface area contributed by atoms with Crippen LogP contribution in [-0.4, -0.2) is 31.3 Å². The van der Waals surface area contributed by atoms with E-state index >= 15 is 0 Å². The first-order valence-electron chi connectivity index (χ1n) is 2.59.